The predicted octanol–water partition coefficient (Wildman–Crippen LogP) is 4.66. The molecule has 0 radical (unpaired) electrons. The number of carbonyl (C=O) groups is 1. The van der Waals surface area contributed by atoms with E-state index >= 15 is 0 Å². The molecule has 3 N–H and O–H groups in total. The Morgan fingerprint density at radius 3 is 2.69 bits per heavy atom. The van der Waals surface area contributed by atoms with Gasteiger partial charge in [-0.25, -0.2) is 0 Å². The van der Waals surface area contributed by atoms with Crippen LogP contribution in [0.15, 0.2) is 36.5 Å². The number of benzene rings is 1. The summed E-state index contributed by atoms with van der Waals surface area (Å²) in [5, 5.41) is 22.0. The monoisotopic (exact) mass is 501 g/mol. The maximum Gasteiger partial charge on any atom is 0.416 e. The van der Waals surface area contributed by atoms with Crippen molar-refractivity contribution in [3.63, 3.8) is 0 Å². The summed E-state index contributed by atoms with van der Waals surface area (Å²) in [5.74, 6) is -0.151. The molecule has 13 heteroatoms. The molecular formula is C22H24F5N5O3. The van der Waals surface area contributed by atoms with Gasteiger partial charge in [0.2, 0.25) is 5.95 Å². The van der Waals surface area contributed by atoms with Gasteiger partial charge in [0, 0.05) is 24.3 Å². The highest BCUT2D eigenvalue weighted by Gasteiger charge is 2.32. The number of alkyl halides is 5. The molecule has 35 heavy (non-hydrogen) atoms. The number of rotatable bonds is 5. The second kappa shape index (κ2) is 11.8. The maximum atomic E-state index is 13.1. The summed E-state index contributed by atoms with van der Waals surface area (Å²) >= 11 is 0. The normalized spacial score (nSPS) is 16.7. The Kier molecular flexibility index (Phi) is 8.79. The van der Waals surface area contributed by atoms with Crippen molar-refractivity contribution in [1.29, 1.82) is 0 Å². The van der Waals surface area contributed by atoms with E-state index < -0.39 is 24.1 Å². The largest absolute Gasteiger partial charge is 0.483 e. The molecule has 4 rings (SSSR count). The van der Waals surface area contributed by atoms with Gasteiger partial charge in [-0.05, 0) is 49.7 Å². The lowest BCUT2D eigenvalue weighted by Crippen LogP contribution is -2.35. The van der Waals surface area contributed by atoms with Crippen LogP contribution in [0.2, 0.25) is 0 Å². The van der Waals surface area contributed by atoms with Gasteiger partial charge in [-0.2, -0.15) is 22.0 Å². The van der Waals surface area contributed by atoms with Crippen molar-refractivity contribution in [3.05, 3.63) is 42.1 Å². The fourth-order valence-corrected chi connectivity index (χ4v) is 3.84. The van der Waals surface area contributed by atoms with Crippen LogP contribution in [0.1, 0.15) is 31.2 Å². The zero-order valence-electron chi connectivity index (χ0n) is 18.4. The number of anilines is 1. The van der Waals surface area contributed by atoms with Crippen LogP contribution in [0.4, 0.5) is 27.9 Å². The standard InChI is InChI=1S/C21H22F5N5O.CH2O2/c22-19(23)32-17-11-13(21(24,25)26)7-8-15(17)18-16-6-4-10-31(16)20(30-29-18)28-14-5-2-1-3-9-27-12-14;2-1-3/h4,6-8,10-11,14,19,27H,1-3,5,9,12H2,(H,28,30);1H,(H,2,3). The van der Waals surface area contributed by atoms with E-state index in [1.165, 1.54) is 0 Å². The number of fused-ring (bicyclic) bond motifs is 1. The summed E-state index contributed by atoms with van der Waals surface area (Å²) in [7, 11) is 0. The lowest BCUT2D eigenvalue weighted by Gasteiger charge is -2.23. The van der Waals surface area contributed by atoms with Gasteiger partial charge in [0.1, 0.15) is 11.4 Å². The molecule has 1 aliphatic rings. The quantitative estimate of drug-likeness (QED) is 0.345. The van der Waals surface area contributed by atoms with E-state index in [1.807, 2.05) is 0 Å². The molecule has 0 bridgehead atoms. The van der Waals surface area contributed by atoms with Crippen LogP contribution in [-0.4, -0.2) is 51.9 Å². The number of nitrogens with zero attached hydrogens (tertiary/aromatic N) is 3. The first kappa shape index (κ1) is 26.1. The summed E-state index contributed by atoms with van der Waals surface area (Å²) in [6.07, 6.45) is 1.33. The number of carboxylic acid groups (broad SMARTS) is 1. The Morgan fingerprint density at radius 1 is 1.20 bits per heavy atom. The van der Waals surface area contributed by atoms with Crippen molar-refractivity contribution in [3.8, 4) is 17.0 Å². The van der Waals surface area contributed by atoms with Gasteiger partial charge in [-0.3, -0.25) is 9.20 Å². The molecule has 3 aromatic rings. The van der Waals surface area contributed by atoms with Crippen molar-refractivity contribution in [1.82, 2.24) is 19.9 Å². The molecule has 0 spiro atoms. The smallest absolute Gasteiger partial charge is 0.416 e. The second-order valence-electron chi connectivity index (χ2n) is 7.72. The predicted molar refractivity (Wildman–Crippen MR) is 117 cm³/mol. The highest BCUT2D eigenvalue weighted by molar-refractivity contribution is 5.81. The van der Waals surface area contributed by atoms with Gasteiger partial charge in [-0.15, -0.1) is 10.2 Å². The van der Waals surface area contributed by atoms with Crippen molar-refractivity contribution in [2.45, 2.75) is 44.5 Å². The molecule has 8 nitrogen and oxygen atoms in total. The van der Waals surface area contributed by atoms with E-state index in [1.54, 1.807) is 22.7 Å². The molecule has 3 heterocycles. The molecule has 1 fully saturated rings. The molecular weight excluding hydrogens is 477 g/mol. The highest BCUT2D eigenvalue weighted by Crippen LogP contribution is 2.38. The van der Waals surface area contributed by atoms with E-state index in [2.05, 4.69) is 25.6 Å². The van der Waals surface area contributed by atoms with E-state index in [-0.39, 0.29) is 23.8 Å². The number of halogens is 5. The van der Waals surface area contributed by atoms with Crippen LogP contribution < -0.4 is 15.4 Å². The Labute approximate surface area is 197 Å². The van der Waals surface area contributed by atoms with Gasteiger partial charge in [0.05, 0.1) is 11.1 Å². The summed E-state index contributed by atoms with van der Waals surface area (Å²) in [5.41, 5.74) is -0.458. The van der Waals surface area contributed by atoms with E-state index in [4.69, 9.17) is 9.90 Å². The van der Waals surface area contributed by atoms with Crippen LogP contribution in [0.5, 0.6) is 5.75 Å². The van der Waals surface area contributed by atoms with Crippen molar-refractivity contribution < 1.29 is 36.6 Å². The van der Waals surface area contributed by atoms with Gasteiger partial charge < -0.3 is 20.5 Å². The van der Waals surface area contributed by atoms with Gasteiger partial charge >= 0.3 is 12.8 Å². The van der Waals surface area contributed by atoms with Gasteiger partial charge in [-0.1, -0.05) is 12.8 Å². The highest BCUT2D eigenvalue weighted by atomic mass is 19.4. The zero-order valence-corrected chi connectivity index (χ0v) is 18.4. The Balaban J connectivity index is 0.00000108. The Hall–Kier alpha value is -3.48. The summed E-state index contributed by atoms with van der Waals surface area (Å²) in [4.78, 5) is 8.36. The Bertz CT molecular complexity index is 1110. The maximum absolute atomic E-state index is 13.1. The van der Waals surface area contributed by atoms with Crippen LogP contribution in [0.25, 0.3) is 16.8 Å². The van der Waals surface area contributed by atoms with Crippen LogP contribution in [0, 0.1) is 0 Å². The fourth-order valence-electron chi connectivity index (χ4n) is 3.84. The molecule has 0 amide bonds. The average molecular weight is 501 g/mol. The lowest BCUT2D eigenvalue weighted by atomic mass is 10.1. The molecule has 1 aromatic carbocycles. The molecule has 0 saturated carbocycles. The van der Waals surface area contributed by atoms with Gasteiger partial charge in [0.15, 0.2) is 0 Å². The molecule has 1 aliphatic heterocycles. The third kappa shape index (κ3) is 6.78. The summed E-state index contributed by atoms with van der Waals surface area (Å²) in [6.45, 7) is -1.83. The van der Waals surface area contributed by atoms with Crippen molar-refractivity contribution in [2.24, 2.45) is 0 Å². The molecule has 1 unspecified atom stereocenters. The third-order valence-electron chi connectivity index (χ3n) is 5.37. The number of hydrogen-bond acceptors (Lipinski definition) is 6. The minimum atomic E-state index is -4.70. The second-order valence-corrected chi connectivity index (χ2v) is 7.72. The fraction of sp³-hybridized carbons (Fsp3) is 0.409. The van der Waals surface area contributed by atoms with Crippen LogP contribution in [0.3, 0.4) is 0 Å². The lowest BCUT2D eigenvalue weighted by molar-refractivity contribution is -0.138. The first-order valence-electron chi connectivity index (χ1n) is 10.8. The van der Waals surface area contributed by atoms with E-state index in [9.17, 15) is 22.0 Å². The zero-order chi connectivity index (χ0) is 25.4. The first-order chi connectivity index (χ1) is 16.7. The van der Waals surface area contributed by atoms with Crippen LogP contribution >= 0.6 is 0 Å². The number of hydrogen-bond donors (Lipinski definition) is 3. The number of nitrogens with one attached hydrogen (secondary N) is 2. The molecule has 1 atom stereocenters. The van der Waals surface area contributed by atoms with Crippen molar-refractivity contribution in [2.75, 3.05) is 18.4 Å². The molecule has 190 valence electrons. The average Bonchev–Trinajstić information content (AvgIpc) is 3.26. The van der Waals surface area contributed by atoms with Crippen molar-refractivity contribution >= 4 is 17.9 Å². The minimum Gasteiger partial charge on any atom is -0.483 e. The van der Waals surface area contributed by atoms with Crippen LogP contribution in [-0.2, 0) is 11.0 Å². The van der Waals surface area contributed by atoms with E-state index in [0.29, 0.717) is 17.5 Å². The summed E-state index contributed by atoms with van der Waals surface area (Å²) in [6, 6.07) is 5.97. The topological polar surface area (TPSA) is 101 Å². The third-order valence-corrected chi connectivity index (χ3v) is 5.37. The summed E-state index contributed by atoms with van der Waals surface area (Å²) < 4.78 is 71.2. The van der Waals surface area contributed by atoms with Gasteiger partial charge in [0.25, 0.3) is 6.47 Å². The molecule has 0 aliphatic carbocycles. The SMILES string of the molecule is FC(F)Oc1cc(C(F)(F)F)ccc1-c1nnc(NC2CCCCCNC2)n2cccc12.O=CO. The Morgan fingerprint density at radius 2 is 1.97 bits per heavy atom. The number of ether oxygens (including phenoxy) is 1. The molecule has 2 aromatic heterocycles. The van der Waals surface area contributed by atoms with E-state index in [0.717, 1.165) is 50.9 Å². The first-order valence-corrected chi connectivity index (χ1v) is 10.8. The molecule has 1 saturated heterocycles. The number of aromatic nitrogens is 3. The minimum absolute atomic E-state index is 0.00586.